The zero-order valence-corrected chi connectivity index (χ0v) is 22.0. The average Bonchev–Trinajstić information content (AvgIpc) is 3.41. The van der Waals surface area contributed by atoms with Crippen molar-refractivity contribution in [1.82, 2.24) is 20.9 Å². The van der Waals surface area contributed by atoms with Crippen molar-refractivity contribution in [2.75, 3.05) is 0 Å². The second-order valence-corrected chi connectivity index (χ2v) is 10.1. The zero-order valence-electron chi connectivity index (χ0n) is 19.1. The molecule has 178 valence electrons. The molecule has 2 aliphatic heterocycles. The fourth-order valence-corrected chi connectivity index (χ4v) is 5.67. The van der Waals surface area contributed by atoms with Crippen LogP contribution in [0.4, 0.5) is 4.79 Å². The van der Waals surface area contributed by atoms with Crippen LogP contribution in [-0.4, -0.2) is 56.8 Å². The maximum atomic E-state index is 13.1. The summed E-state index contributed by atoms with van der Waals surface area (Å²) in [7, 11) is 0. The number of benzene rings is 1. The second kappa shape index (κ2) is 10.4. The molecular weight excluding hydrogens is 487 g/mol. The van der Waals surface area contributed by atoms with Crippen molar-refractivity contribution in [3.05, 3.63) is 60.1 Å². The van der Waals surface area contributed by atoms with E-state index in [1.807, 2.05) is 0 Å². The summed E-state index contributed by atoms with van der Waals surface area (Å²) in [5.41, 5.74) is 0.413. The number of hydrogen-bond acceptors (Lipinski definition) is 8. The van der Waals surface area contributed by atoms with Gasteiger partial charge in [0.2, 0.25) is 11.8 Å². The van der Waals surface area contributed by atoms with Crippen LogP contribution in [0.15, 0.2) is 53.1 Å². The number of imide groups is 1. The summed E-state index contributed by atoms with van der Waals surface area (Å²) in [6.45, 7) is 3.38. The van der Waals surface area contributed by atoms with Gasteiger partial charge in [-0.25, -0.2) is 4.79 Å². The molecule has 3 heterocycles. The molecule has 0 bridgehead atoms. The molecule has 0 saturated carbocycles. The van der Waals surface area contributed by atoms with Crippen molar-refractivity contribution < 1.29 is 63.1 Å². The number of carboxylic acids is 1. The predicted molar refractivity (Wildman–Crippen MR) is 117 cm³/mol. The number of nitrogens with zero attached hydrogens (tertiary/aromatic N) is 1. The van der Waals surface area contributed by atoms with Gasteiger partial charge >= 0.3 is 35.6 Å². The first-order valence-electron chi connectivity index (χ1n) is 10.3. The molecule has 4 unspecified atom stereocenters. The van der Waals surface area contributed by atoms with Gasteiger partial charge in [-0.15, -0.1) is 11.8 Å². The maximum Gasteiger partial charge on any atom is 1.00 e. The number of carboxylic acid groups (broad SMARTS) is 1. The summed E-state index contributed by atoms with van der Waals surface area (Å²) in [5, 5.41) is 18.1. The average molecular weight is 508 g/mol. The fourth-order valence-electron chi connectivity index (χ4n) is 4.05. The molecule has 2 aromatic rings. The van der Waals surface area contributed by atoms with E-state index < -0.39 is 58.0 Å². The molecule has 35 heavy (non-hydrogen) atoms. The number of hydrogen-bond donors (Lipinski definition) is 3. The Morgan fingerprint density at radius 2 is 1.80 bits per heavy atom. The van der Waals surface area contributed by atoms with Crippen molar-refractivity contribution >= 4 is 41.5 Å². The number of carbonyl (C=O) groups is 5. The van der Waals surface area contributed by atoms with E-state index in [1.54, 1.807) is 44.2 Å². The van der Waals surface area contributed by atoms with E-state index >= 15 is 0 Å². The Labute approximate surface area is 226 Å². The number of furan rings is 1. The molecule has 11 nitrogen and oxygen atoms in total. The Balaban J connectivity index is 0.00000342. The van der Waals surface area contributed by atoms with E-state index in [0.717, 1.165) is 0 Å². The summed E-state index contributed by atoms with van der Waals surface area (Å²) >= 11 is 1.25. The van der Waals surface area contributed by atoms with Crippen LogP contribution in [0.25, 0.3) is 0 Å². The SMILES string of the molecule is CC1(C)SC2C(NC(=O)C(NC(=O)NC(=O)c3ccco3)c3ccccc3)C(=O)N2C1C(=O)[O-].[Na+]. The van der Waals surface area contributed by atoms with E-state index in [1.165, 1.54) is 35.1 Å². The number of amides is 5. The number of thioether (sulfide) groups is 1. The first kappa shape index (κ1) is 26.8. The normalized spacial score (nSPS) is 22.6. The van der Waals surface area contributed by atoms with Gasteiger partial charge < -0.3 is 29.9 Å². The number of β-lactam (4-membered cyclic amide) rings is 1. The minimum atomic E-state index is -1.36. The molecule has 4 atom stereocenters. The van der Waals surface area contributed by atoms with E-state index in [0.29, 0.717) is 5.56 Å². The minimum Gasteiger partial charge on any atom is -0.548 e. The molecule has 2 fully saturated rings. The fraction of sp³-hybridized carbons (Fsp3) is 0.318. The minimum absolute atomic E-state index is 0. The number of rotatable bonds is 6. The molecule has 2 saturated heterocycles. The number of carbonyl (C=O) groups excluding carboxylic acids is 5. The van der Waals surface area contributed by atoms with Crippen LogP contribution in [0.3, 0.4) is 0 Å². The van der Waals surface area contributed by atoms with E-state index in [-0.39, 0.29) is 35.3 Å². The number of fused-ring (bicyclic) bond motifs is 1. The van der Waals surface area contributed by atoms with Crippen molar-refractivity contribution in [3.8, 4) is 0 Å². The van der Waals surface area contributed by atoms with Gasteiger partial charge in [0.25, 0.3) is 5.91 Å². The van der Waals surface area contributed by atoms with Crippen molar-refractivity contribution in [1.29, 1.82) is 0 Å². The molecule has 5 amide bonds. The van der Waals surface area contributed by atoms with Crippen LogP contribution in [0.5, 0.6) is 0 Å². The summed E-state index contributed by atoms with van der Waals surface area (Å²) in [6.07, 6.45) is 1.28. The smallest absolute Gasteiger partial charge is 0.548 e. The van der Waals surface area contributed by atoms with Crippen LogP contribution in [0.2, 0.25) is 0 Å². The maximum absolute atomic E-state index is 13.1. The number of urea groups is 1. The molecule has 4 rings (SSSR count). The number of aliphatic carboxylic acids is 1. The van der Waals surface area contributed by atoms with Crippen LogP contribution in [0, 0.1) is 0 Å². The Hall–Kier alpha value is -2.80. The molecule has 1 aromatic heterocycles. The topological polar surface area (TPSA) is 161 Å². The summed E-state index contributed by atoms with van der Waals surface area (Å²) in [4.78, 5) is 63.1. The summed E-state index contributed by atoms with van der Waals surface area (Å²) in [6, 6.07) is 6.86. The van der Waals surface area contributed by atoms with E-state index in [4.69, 9.17) is 4.42 Å². The van der Waals surface area contributed by atoms with Gasteiger partial charge in [-0.05, 0) is 31.5 Å². The van der Waals surface area contributed by atoms with E-state index in [9.17, 15) is 29.1 Å². The first-order chi connectivity index (χ1) is 16.1. The molecule has 0 aliphatic carbocycles. The van der Waals surface area contributed by atoms with Gasteiger partial charge in [0, 0.05) is 4.75 Å². The largest absolute Gasteiger partial charge is 1.00 e. The third-order valence-corrected chi connectivity index (χ3v) is 7.18. The standard InChI is InChI=1S/C22H22N4O7S.Na/c1-22(2)15(20(30)31)26-18(29)14(19(26)34-22)23-17(28)13(11-7-4-3-5-8-11)24-21(32)25-16(27)12-9-6-10-33-12;/h3-10,13-15,19H,1-2H3,(H,23,28)(H,30,31)(H2,24,25,27,32);/q;+1/p-1. The molecule has 13 heteroatoms. The van der Waals surface area contributed by atoms with Crippen molar-refractivity contribution in [2.45, 2.75) is 42.1 Å². The third-order valence-electron chi connectivity index (χ3n) is 5.60. The monoisotopic (exact) mass is 508 g/mol. The Kier molecular flexibility index (Phi) is 8.00. The Morgan fingerprint density at radius 1 is 1.11 bits per heavy atom. The van der Waals surface area contributed by atoms with Gasteiger partial charge in [-0.3, -0.25) is 19.7 Å². The van der Waals surface area contributed by atoms with Crippen molar-refractivity contribution in [2.24, 2.45) is 0 Å². The Morgan fingerprint density at radius 3 is 2.40 bits per heavy atom. The van der Waals surface area contributed by atoms with Gasteiger partial charge in [-0.2, -0.15) is 0 Å². The van der Waals surface area contributed by atoms with Gasteiger partial charge in [0.15, 0.2) is 5.76 Å². The van der Waals surface area contributed by atoms with Crippen LogP contribution in [0.1, 0.15) is 36.0 Å². The van der Waals surface area contributed by atoms with Crippen molar-refractivity contribution in [3.63, 3.8) is 0 Å². The molecule has 2 aliphatic rings. The predicted octanol–water partition coefficient (Wildman–Crippen LogP) is -3.24. The van der Waals surface area contributed by atoms with Crippen LogP contribution >= 0.6 is 11.8 Å². The number of nitrogens with one attached hydrogen (secondary N) is 3. The van der Waals surface area contributed by atoms with Gasteiger partial charge in [0.05, 0.1) is 18.3 Å². The van der Waals surface area contributed by atoms with Crippen LogP contribution < -0.4 is 50.6 Å². The second-order valence-electron chi connectivity index (χ2n) is 8.31. The summed E-state index contributed by atoms with van der Waals surface area (Å²) < 4.78 is 4.14. The van der Waals surface area contributed by atoms with E-state index in [2.05, 4.69) is 16.0 Å². The quantitative estimate of drug-likeness (QED) is 0.271. The van der Waals surface area contributed by atoms with Gasteiger partial charge in [-0.1, -0.05) is 30.3 Å². The molecular formula is C22H21N4NaO7S. The zero-order chi connectivity index (χ0) is 24.6. The Bertz CT molecular complexity index is 1140. The van der Waals surface area contributed by atoms with Crippen LogP contribution in [-0.2, 0) is 14.4 Å². The first-order valence-corrected chi connectivity index (χ1v) is 11.2. The van der Waals surface area contributed by atoms with Gasteiger partial charge in [0.1, 0.15) is 17.5 Å². The molecule has 1 aromatic carbocycles. The molecule has 0 spiro atoms. The summed E-state index contributed by atoms with van der Waals surface area (Å²) in [5.74, 6) is -3.48. The third kappa shape index (κ3) is 5.25. The molecule has 3 N–H and O–H groups in total. The molecule has 0 radical (unpaired) electrons.